The zero-order valence-electron chi connectivity index (χ0n) is 9.98. The molecule has 3 rings (SSSR count). The Bertz CT molecular complexity index is 780. The summed E-state index contributed by atoms with van der Waals surface area (Å²) < 4.78 is 39.9. The van der Waals surface area contributed by atoms with Gasteiger partial charge in [0.05, 0.1) is 21.5 Å². The van der Waals surface area contributed by atoms with Gasteiger partial charge in [0.15, 0.2) is 0 Å². The molecule has 3 aromatic rings. The summed E-state index contributed by atoms with van der Waals surface area (Å²) in [5, 5.41) is 1.75. The number of alkyl halides is 3. The lowest BCUT2D eigenvalue weighted by atomic mass is 10.0. The summed E-state index contributed by atoms with van der Waals surface area (Å²) >= 11 is 1.29. The van der Waals surface area contributed by atoms with Crippen molar-refractivity contribution in [1.29, 1.82) is 0 Å². The van der Waals surface area contributed by atoms with E-state index in [4.69, 9.17) is 5.73 Å². The van der Waals surface area contributed by atoms with Crippen LogP contribution in [-0.4, -0.2) is 9.97 Å². The predicted octanol–water partition coefficient (Wildman–Crippen LogP) is 3.96. The van der Waals surface area contributed by atoms with Gasteiger partial charge in [0.25, 0.3) is 0 Å². The lowest BCUT2D eigenvalue weighted by molar-refractivity contribution is -0.137. The zero-order chi connectivity index (χ0) is 14.3. The first-order chi connectivity index (χ1) is 9.47. The van der Waals surface area contributed by atoms with E-state index in [1.165, 1.54) is 23.5 Å². The van der Waals surface area contributed by atoms with Crippen LogP contribution < -0.4 is 5.73 Å². The highest BCUT2D eigenvalue weighted by Gasteiger charge is 2.34. The zero-order valence-corrected chi connectivity index (χ0v) is 10.8. The number of hydrogen-bond donors (Lipinski definition) is 1. The number of halogens is 3. The van der Waals surface area contributed by atoms with Gasteiger partial charge in [-0.05, 0) is 17.5 Å². The van der Waals surface area contributed by atoms with Crippen LogP contribution in [0.15, 0.2) is 35.7 Å². The quantitative estimate of drug-likeness (QED) is 0.739. The molecule has 0 spiro atoms. The van der Waals surface area contributed by atoms with Crippen molar-refractivity contribution in [1.82, 2.24) is 9.97 Å². The number of fused-ring (bicyclic) bond motifs is 1. The first-order valence-electron chi connectivity index (χ1n) is 5.64. The predicted molar refractivity (Wildman–Crippen MR) is 72.3 cm³/mol. The molecule has 3 nitrogen and oxygen atoms in total. The van der Waals surface area contributed by atoms with E-state index in [1.807, 2.05) is 0 Å². The Morgan fingerprint density at radius 2 is 1.80 bits per heavy atom. The fraction of sp³-hybridized carbons (Fsp3) is 0.0769. The average molecular weight is 295 g/mol. The molecule has 0 atom stereocenters. The molecule has 1 aromatic carbocycles. The summed E-state index contributed by atoms with van der Waals surface area (Å²) in [5.41, 5.74) is 5.64. The van der Waals surface area contributed by atoms with Crippen LogP contribution in [0.4, 0.5) is 19.1 Å². The Morgan fingerprint density at radius 1 is 1.05 bits per heavy atom. The van der Waals surface area contributed by atoms with Gasteiger partial charge in [-0.3, -0.25) is 0 Å². The largest absolute Gasteiger partial charge is 0.417 e. The number of nitrogen functional groups attached to an aromatic ring is 1. The molecule has 0 aliphatic carbocycles. The summed E-state index contributed by atoms with van der Waals surface area (Å²) in [6.07, 6.45) is -4.44. The van der Waals surface area contributed by atoms with E-state index in [1.54, 1.807) is 17.5 Å². The van der Waals surface area contributed by atoms with E-state index in [0.29, 0.717) is 10.2 Å². The second-order valence-corrected chi connectivity index (χ2v) is 5.02. The maximum Gasteiger partial charge on any atom is 0.417 e. The van der Waals surface area contributed by atoms with E-state index in [-0.39, 0.29) is 17.2 Å². The molecule has 2 heterocycles. The molecule has 2 N–H and O–H groups in total. The summed E-state index contributed by atoms with van der Waals surface area (Å²) in [4.78, 5) is 8.00. The van der Waals surface area contributed by atoms with Crippen LogP contribution in [-0.2, 0) is 6.18 Å². The SMILES string of the molecule is Nc1nc(-c2ccccc2C(F)(F)F)c2sccc2n1. The number of rotatable bonds is 1. The molecule has 0 saturated heterocycles. The van der Waals surface area contributed by atoms with Gasteiger partial charge in [-0.15, -0.1) is 11.3 Å². The van der Waals surface area contributed by atoms with Crippen LogP contribution in [0.1, 0.15) is 5.56 Å². The number of nitrogens with two attached hydrogens (primary N) is 1. The van der Waals surface area contributed by atoms with Crippen molar-refractivity contribution >= 4 is 27.5 Å². The lowest BCUT2D eigenvalue weighted by Crippen LogP contribution is -2.08. The smallest absolute Gasteiger partial charge is 0.368 e. The van der Waals surface area contributed by atoms with Crippen molar-refractivity contribution in [2.24, 2.45) is 0 Å². The first-order valence-corrected chi connectivity index (χ1v) is 6.52. The molecule has 2 aromatic heterocycles. The van der Waals surface area contributed by atoms with Gasteiger partial charge in [0.1, 0.15) is 0 Å². The molecule has 20 heavy (non-hydrogen) atoms. The average Bonchev–Trinajstić information content (AvgIpc) is 2.84. The number of nitrogens with zero attached hydrogens (tertiary/aromatic N) is 2. The third-order valence-corrected chi connectivity index (χ3v) is 3.72. The maximum atomic E-state index is 13.1. The fourth-order valence-corrected chi connectivity index (χ4v) is 2.84. The van der Waals surface area contributed by atoms with Crippen molar-refractivity contribution in [3.63, 3.8) is 0 Å². The van der Waals surface area contributed by atoms with Gasteiger partial charge in [-0.25, -0.2) is 9.97 Å². The molecule has 0 bridgehead atoms. The third kappa shape index (κ3) is 2.09. The van der Waals surface area contributed by atoms with Gasteiger partial charge < -0.3 is 5.73 Å². The highest BCUT2D eigenvalue weighted by atomic mass is 32.1. The normalized spacial score (nSPS) is 11.9. The Hall–Kier alpha value is -2.15. The second kappa shape index (κ2) is 4.45. The van der Waals surface area contributed by atoms with E-state index in [2.05, 4.69) is 9.97 Å². The highest BCUT2D eigenvalue weighted by Crippen LogP contribution is 2.39. The Kier molecular flexibility index (Phi) is 2.86. The minimum atomic E-state index is -4.44. The Morgan fingerprint density at radius 3 is 2.55 bits per heavy atom. The van der Waals surface area contributed by atoms with Crippen molar-refractivity contribution in [3.05, 3.63) is 41.3 Å². The van der Waals surface area contributed by atoms with Gasteiger partial charge >= 0.3 is 6.18 Å². The fourth-order valence-electron chi connectivity index (χ4n) is 2.00. The molecule has 7 heteroatoms. The number of hydrogen-bond acceptors (Lipinski definition) is 4. The Labute approximate surface area is 115 Å². The summed E-state index contributed by atoms with van der Waals surface area (Å²) in [6.45, 7) is 0. The molecular weight excluding hydrogens is 287 g/mol. The summed E-state index contributed by atoms with van der Waals surface area (Å²) in [7, 11) is 0. The second-order valence-electron chi connectivity index (χ2n) is 4.11. The van der Waals surface area contributed by atoms with Crippen molar-refractivity contribution in [3.8, 4) is 11.3 Å². The van der Waals surface area contributed by atoms with E-state index in [9.17, 15) is 13.2 Å². The minimum Gasteiger partial charge on any atom is -0.368 e. The minimum absolute atomic E-state index is 0.0153. The van der Waals surface area contributed by atoms with Crippen LogP contribution in [0.25, 0.3) is 21.5 Å². The van der Waals surface area contributed by atoms with Gasteiger partial charge in [-0.1, -0.05) is 18.2 Å². The molecule has 0 fully saturated rings. The number of aromatic nitrogens is 2. The molecule has 0 amide bonds. The maximum absolute atomic E-state index is 13.1. The van der Waals surface area contributed by atoms with Crippen LogP contribution in [0.5, 0.6) is 0 Å². The van der Waals surface area contributed by atoms with E-state index >= 15 is 0 Å². The van der Waals surface area contributed by atoms with Crippen molar-refractivity contribution in [2.75, 3.05) is 5.73 Å². The van der Waals surface area contributed by atoms with Gasteiger partial charge in [0, 0.05) is 5.56 Å². The summed E-state index contributed by atoms with van der Waals surface area (Å²) in [5.74, 6) is -0.0390. The monoisotopic (exact) mass is 295 g/mol. The standard InChI is InChI=1S/C13H8F3N3S/c14-13(15,16)8-4-2-1-3-7(8)10-11-9(5-6-20-11)18-12(17)19-10/h1-6H,(H2,17,18,19). The number of benzene rings is 1. The Balaban J connectivity index is 2.34. The van der Waals surface area contributed by atoms with E-state index in [0.717, 1.165) is 6.07 Å². The van der Waals surface area contributed by atoms with E-state index < -0.39 is 11.7 Å². The highest BCUT2D eigenvalue weighted by molar-refractivity contribution is 7.17. The molecular formula is C13H8F3N3S. The topological polar surface area (TPSA) is 51.8 Å². The third-order valence-electron chi connectivity index (χ3n) is 2.81. The molecule has 0 saturated carbocycles. The van der Waals surface area contributed by atoms with Crippen LogP contribution >= 0.6 is 11.3 Å². The number of anilines is 1. The first kappa shape index (κ1) is 12.9. The van der Waals surface area contributed by atoms with Crippen LogP contribution in [0, 0.1) is 0 Å². The molecule has 0 unspecified atom stereocenters. The molecule has 0 aliphatic heterocycles. The summed E-state index contributed by atoms with van der Waals surface area (Å²) in [6, 6.07) is 7.03. The van der Waals surface area contributed by atoms with Crippen LogP contribution in [0.3, 0.4) is 0 Å². The molecule has 0 radical (unpaired) electrons. The van der Waals surface area contributed by atoms with Crippen molar-refractivity contribution < 1.29 is 13.2 Å². The van der Waals surface area contributed by atoms with Crippen LogP contribution in [0.2, 0.25) is 0 Å². The lowest BCUT2D eigenvalue weighted by Gasteiger charge is -2.12. The van der Waals surface area contributed by atoms with Gasteiger partial charge in [0.2, 0.25) is 5.95 Å². The molecule has 102 valence electrons. The molecule has 0 aliphatic rings. The van der Waals surface area contributed by atoms with Gasteiger partial charge in [-0.2, -0.15) is 13.2 Å². The van der Waals surface area contributed by atoms with Crippen molar-refractivity contribution in [2.45, 2.75) is 6.18 Å². The number of thiophene rings is 1.